The van der Waals surface area contributed by atoms with Crippen molar-refractivity contribution in [1.29, 1.82) is 0 Å². The van der Waals surface area contributed by atoms with Crippen LogP contribution in [0.3, 0.4) is 0 Å². The second-order valence-electron chi connectivity index (χ2n) is 10.2. The second-order valence-corrected chi connectivity index (χ2v) is 10.2. The second kappa shape index (κ2) is 16.5. The van der Waals surface area contributed by atoms with Gasteiger partial charge in [-0.1, -0.05) is 25.0 Å². The van der Waals surface area contributed by atoms with Gasteiger partial charge in [-0.15, -0.1) is 0 Å². The largest absolute Gasteiger partial charge is 0.446 e. The molecular weight excluding hydrogens is 576 g/mol. The van der Waals surface area contributed by atoms with Gasteiger partial charge < -0.3 is 32.4 Å². The first-order valence-electron chi connectivity index (χ1n) is 13.8. The molecule has 0 aromatic heterocycles. The number of benzene rings is 2. The number of ketones is 1. The summed E-state index contributed by atoms with van der Waals surface area (Å²) in [4.78, 5) is 40.1. The van der Waals surface area contributed by atoms with E-state index in [1.165, 1.54) is 23.9 Å². The lowest BCUT2D eigenvalue weighted by atomic mass is 9.63. The number of rotatable bonds is 16. The van der Waals surface area contributed by atoms with Gasteiger partial charge in [0.25, 0.3) is 0 Å². The van der Waals surface area contributed by atoms with Crippen molar-refractivity contribution in [2.75, 3.05) is 26.2 Å². The maximum atomic E-state index is 14.5. The lowest BCUT2D eigenvalue weighted by Gasteiger charge is -2.23. The van der Waals surface area contributed by atoms with Crippen molar-refractivity contribution in [2.45, 2.75) is 57.2 Å². The van der Waals surface area contributed by atoms with Crippen molar-refractivity contribution in [3.8, 4) is 0 Å². The van der Waals surface area contributed by atoms with E-state index in [1.807, 2.05) is 0 Å². The maximum absolute atomic E-state index is 14.5. The van der Waals surface area contributed by atoms with Crippen LogP contribution in [-0.2, 0) is 33.4 Å². The van der Waals surface area contributed by atoms with E-state index in [-0.39, 0.29) is 68.8 Å². The Hall–Kier alpha value is -3.40. The Balaban J connectivity index is 2.20. The van der Waals surface area contributed by atoms with Crippen LogP contribution >= 0.6 is 0 Å². The average molecular weight is 613 g/mol. The van der Waals surface area contributed by atoms with Gasteiger partial charge in [-0.05, 0) is 48.0 Å². The van der Waals surface area contributed by atoms with Gasteiger partial charge in [0, 0.05) is 45.1 Å². The summed E-state index contributed by atoms with van der Waals surface area (Å²) in [6, 6.07) is 3.39. The highest BCUT2D eigenvalue weighted by atomic mass is 19.4. The number of Topliss-reactive ketones (excluding diaryl/α,β-unsaturated/α-hetero) is 1. The fourth-order valence-corrected chi connectivity index (χ4v) is 4.38. The van der Waals surface area contributed by atoms with Gasteiger partial charge in [0.2, 0.25) is 11.8 Å². The molecule has 0 aliphatic carbocycles. The Morgan fingerprint density at radius 1 is 1.00 bits per heavy atom. The molecule has 9 nitrogen and oxygen atoms in total. The van der Waals surface area contributed by atoms with Gasteiger partial charge in [0.05, 0.1) is 17.6 Å². The van der Waals surface area contributed by atoms with E-state index in [9.17, 15) is 41.4 Å². The SMILES string of the molecule is CB(O)c1cc(CC(=O)[C@@H](CCc2ccc(C(F)(F)F)cc2)NC(=O)[C@@H](N)CCC(=O)N(CCN)CCN)c(F)cc1F. The van der Waals surface area contributed by atoms with Crippen molar-refractivity contribution in [1.82, 2.24) is 10.2 Å². The Labute approximate surface area is 247 Å². The molecule has 15 heteroatoms. The minimum atomic E-state index is -4.53. The summed E-state index contributed by atoms with van der Waals surface area (Å²) in [7, 11) is 0. The number of hydrogen-bond acceptors (Lipinski definition) is 7. The van der Waals surface area contributed by atoms with Crippen molar-refractivity contribution in [3.05, 3.63) is 64.7 Å². The molecule has 2 rings (SSSR count). The molecule has 0 radical (unpaired) electrons. The normalized spacial score (nSPS) is 12.9. The number of halogens is 5. The molecule has 236 valence electrons. The molecule has 2 atom stereocenters. The summed E-state index contributed by atoms with van der Waals surface area (Å²) in [5, 5.41) is 12.3. The first kappa shape index (κ1) is 35.8. The molecule has 0 heterocycles. The summed E-state index contributed by atoms with van der Waals surface area (Å²) < 4.78 is 67.3. The molecule has 0 aliphatic rings. The highest BCUT2D eigenvalue weighted by Gasteiger charge is 2.30. The van der Waals surface area contributed by atoms with Crippen molar-refractivity contribution in [3.63, 3.8) is 0 Å². The van der Waals surface area contributed by atoms with Crippen LogP contribution in [0.2, 0.25) is 6.82 Å². The number of carbonyl (C=O) groups excluding carboxylic acids is 3. The molecule has 0 saturated heterocycles. The number of nitrogens with two attached hydrogens (primary N) is 3. The van der Waals surface area contributed by atoms with Crippen LogP contribution in [0.1, 0.15) is 36.0 Å². The topological polar surface area (TPSA) is 165 Å². The number of carbonyl (C=O) groups is 3. The Morgan fingerprint density at radius 2 is 1.60 bits per heavy atom. The van der Waals surface area contributed by atoms with Gasteiger partial charge in [-0.25, -0.2) is 8.78 Å². The van der Waals surface area contributed by atoms with E-state index in [2.05, 4.69) is 5.32 Å². The fraction of sp³-hybridized carbons (Fsp3) is 0.464. The number of nitrogens with zero attached hydrogens (tertiary/aromatic N) is 1. The molecule has 0 aliphatic heterocycles. The van der Waals surface area contributed by atoms with Crippen molar-refractivity contribution < 1.29 is 41.4 Å². The molecule has 0 bridgehead atoms. The van der Waals surface area contributed by atoms with E-state index in [4.69, 9.17) is 17.2 Å². The summed E-state index contributed by atoms with van der Waals surface area (Å²) in [6.07, 6.45) is -5.28. The summed E-state index contributed by atoms with van der Waals surface area (Å²) in [6.45, 7) is 0.967. The first-order valence-corrected chi connectivity index (χ1v) is 13.8. The van der Waals surface area contributed by atoms with Crippen LogP contribution < -0.4 is 28.0 Å². The van der Waals surface area contributed by atoms with Crippen LogP contribution in [0, 0.1) is 11.6 Å². The molecule has 2 aromatic carbocycles. The summed E-state index contributed by atoms with van der Waals surface area (Å²) >= 11 is 0. The highest BCUT2D eigenvalue weighted by Crippen LogP contribution is 2.29. The van der Waals surface area contributed by atoms with Crippen LogP contribution in [0.5, 0.6) is 0 Å². The number of alkyl halides is 3. The van der Waals surface area contributed by atoms with Crippen LogP contribution in [-0.4, -0.2) is 72.7 Å². The molecule has 0 spiro atoms. The van der Waals surface area contributed by atoms with E-state index in [0.717, 1.165) is 18.2 Å². The molecule has 0 unspecified atom stereocenters. The molecular formula is C28H37BF5N5O4. The Kier molecular flexibility index (Phi) is 13.7. The summed E-state index contributed by atoms with van der Waals surface area (Å²) in [5.41, 5.74) is 16.2. The fourth-order valence-electron chi connectivity index (χ4n) is 4.38. The minimum Gasteiger partial charge on any atom is -0.446 e. The zero-order valence-electron chi connectivity index (χ0n) is 23.8. The monoisotopic (exact) mass is 613 g/mol. The molecule has 8 N–H and O–H groups in total. The third kappa shape index (κ3) is 11.0. The standard InChI is InChI=1S/C28H37BF5N5O4/c1-29(43)20-14-18(21(30)16-22(20)31)15-25(40)24(8-4-17-2-5-19(6-3-17)28(32,33)34)38-27(42)23(37)7-9-26(41)39(12-10-35)13-11-36/h2-3,5-6,14,16,23-24,43H,4,7-13,15,35-37H2,1H3,(H,38,42)/t23-,24+/m0/s1. The van der Waals surface area contributed by atoms with Gasteiger partial charge in [0.15, 0.2) is 5.78 Å². The molecule has 0 saturated carbocycles. The third-order valence-corrected chi connectivity index (χ3v) is 6.85. The van der Waals surface area contributed by atoms with Gasteiger partial charge in [-0.2, -0.15) is 13.2 Å². The lowest BCUT2D eigenvalue weighted by molar-refractivity contribution is -0.137. The molecule has 0 fully saturated rings. The number of aryl methyl sites for hydroxylation is 1. The van der Waals surface area contributed by atoms with Crippen LogP contribution in [0.25, 0.3) is 0 Å². The maximum Gasteiger partial charge on any atom is 0.416 e. The van der Waals surface area contributed by atoms with Crippen molar-refractivity contribution in [2.24, 2.45) is 17.2 Å². The van der Waals surface area contributed by atoms with Crippen LogP contribution in [0.15, 0.2) is 36.4 Å². The van der Waals surface area contributed by atoms with Gasteiger partial charge >= 0.3 is 13.1 Å². The Morgan fingerprint density at radius 3 is 2.14 bits per heavy atom. The minimum absolute atomic E-state index is 0.0690. The number of amides is 2. The summed E-state index contributed by atoms with van der Waals surface area (Å²) in [5.74, 6) is -3.78. The highest BCUT2D eigenvalue weighted by molar-refractivity contribution is 6.64. The molecule has 43 heavy (non-hydrogen) atoms. The quantitative estimate of drug-likeness (QED) is 0.139. The predicted molar refractivity (Wildman–Crippen MR) is 152 cm³/mol. The smallest absolute Gasteiger partial charge is 0.416 e. The number of nitrogens with one attached hydrogen (secondary N) is 1. The Bertz CT molecular complexity index is 1240. The van der Waals surface area contributed by atoms with Gasteiger partial charge in [-0.3, -0.25) is 14.4 Å². The first-order chi connectivity index (χ1) is 20.2. The van der Waals surface area contributed by atoms with Gasteiger partial charge in [0.1, 0.15) is 11.6 Å². The number of hydrogen-bond donors (Lipinski definition) is 5. The average Bonchev–Trinajstić information content (AvgIpc) is 2.94. The van der Waals surface area contributed by atoms with Crippen LogP contribution in [0.4, 0.5) is 22.0 Å². The van der Waals surface area contributed by atoms with Crippen molar-refractivity contribution >= 4 is 30.0 Å². The molecule has 2 aromatic rings. The zero-order valence-corrected chi connectivity index (χ0v) is 23.8. The van der Waals surface area contributed by atoms with E-state index < -0.39 is 60.5 Å². The van der Waals surface area contributed by atoms with E-state index >= 15 is 0 Å². The lowest BCUT2D eigenvalue weighted by Crippen LogP contribution is -2.49. The third-order valence-electron chi connectivity index (χ3n) is 6.85. The molecule has 2 amide bonds. The van der Waals surface area contributed by atoms with E-state index in [1.54, 1.807) is 0 Å². The predicted octanol–water partition coefficient (Wildman–Crippen LogP) is 0.887. The van der Waals surface area contributed by atoms with E-state index in [0.29, 0.717) is 11.6 Å². The zero-order chi connectivity index (χ0) is 32.3.